The highest BCUT2D eigenvalue weighted by Crippen LogP contribution is 2.29. The van der Waals surface area contributed by atoms with E-state index >= 15 is 0 Å². The first-order valence-electron chi connectivity index (χ1n) is 6.43. The number of carbonyl (C=O) groups excluding carboxylic acids is 1. The second-order valence-electron chi connectivity index (χ2n) is 4.59. The fourth-order valence-corrected chi connectivity index (χ4v) is 2.95. The van der Waals surface area contributed by atoms with Crippen molar-refractivity contribution in [2.75, 3.05) is 10.0 Å². The maximum absolute atomic E-state index is 12.2. The van der Waals surface area contributed by atoms with Crippen LogP contribution < -0.4 is 10.0 Å². The van der Waals surface area contributed by atoms with Crippen LogP contribution in [0.5, 0.6) is 0 Å². The van der Waals surface area contributed by atoms with Gasteiger partial charge in [-0.2, -0.15) is 0 Å². The summed E-state index contributed by atoms with van der Waals surface area (Å²) < 4.78 is 26.7. The van der Waals surface area contributed by atoms with Crippen LogP contribution in [0.3, 0.4) is 0 Å². The highest BCUT2D eigenvalue weighted by Gasteiger charge is 2.21. The number of hydrogen-bond donors (Lipinski definition) is 2. The molecular weight excluding hydrogens is 322 g/mol. The van der Waals surface area contributed by atoms with Crippen molar-refractivity contribution in [1.29, 1.82) is 0 Å². The molecule has 9 heteroatoms. The van der Waals surface area contributed by atoms with Gasteiger partial charge in [0, 0.05) is 18.7 Å². The standard InChI is InChI=1S/C14H13N3O5S/c1-10(18)15-11-7-8-13(14(9-11)17(19)20)16-23(21,22)12-5-3-2-4-6-12/h2-9,16H,1H3,(H,15,18). The van der Waals surface area contributed by atoms with Crippen molar-refractivity contribution < 1.29 is 18.1 Å². The zero-order valence-electron chi connectivity index (χ0n) is 12.0. The lowest BCUT2D eigenvalue weighted by Crippen LogP contribution is -2.14. The van der Waals surface area contributed by atoms with Gasteiger partial charge in [-0.25, -0.2) is 8.42 Å². The minimum absolute atomic E-state index is 0.0137. The van der Waals surface area contributed by atoms with Gasteiger partial charge in [-0.05, 0) is 24.3 Å². The third-order valence-electron chi connectivity index (χ3n) is 2.81. The summed E-state index contributed by atoms with van der Waals surface area (Å²) in [6.07, 6.45) is 0. The lowest BCUT2D eigenvalue weighted by Gasteiger charge is -2.10. The van der Waals surface area contributed by atoms with Crippen LogP contribution in [0.2, 0.25) is 0 Å². The molecule has 0 aromatic heterocycles. The Bertz CT molecular complexity index is 850. The Labute approximate surface area is 132 Å². The van der Waals surface area contributed by atoms with Crippen molar-refractivity contribution in [3.05, 3.63) is 58.6 Å². The SMILES string of the molecule is CC(=O)Nc1ccc(NS(=O)(=O)c2ccccc2)c([N+](=O)[O-])c1. The second-order valence-corrected chi connectivity index (χ2v) is 6.27. The van der Waals surface area contributed by atoms with Gasteiger partial charge in [0.25, 0.3) is 15.7 Å². The number of nitro benzene ring substituents is 1. The molecule has 0 aliphatic carbocycles. The monoisotopic (exact) mass is 335 g/mol. The average molecular weight is 335 g/mol. The van der Waals surface area contributed by atoms with Crippen LogP contribution in [0.15, 0.2) is 53.4 Å². The van der Waals surface area contributed by atoms with Crippen molar-refractivity contribution in [2.24, 2.45) is 0 Å². The van der Waals surface area contributed by atoms with E-state index in [9.17, 15) is 23.3 Å². The third kappa shape index (κ3) is 4.04. The second kappa shape index (κ2) is 6.44. The highest BCUT2D eigenvalue weighted by molar-refractivity contribution is 7.92. The molecule has 0 saturated carbocycles. The summed E-state index contributed by atoms with van der Waals surface area (Å²) in [5.74, 6) is -0.392. The molecule has 1 amide bonds. The van der Waals surface area contributed by atoms with Gasteiger partial charge in [-0.1, -0.05) is 18.2 Å². The van der Waals surface area contributed by atoms with Crippen LogP contribution in [0, 0.1) is 10.1 Å². The number of sulfonamides is 1. The molecule has 0 radical (unpaired) electrons. The van der Waals surface area contributed by atoms with Crippen LogP contribution in [-0.2, 0) is 14.8 Å². The van der Waals surface area contributed by atoms with E-state index in [2.05, 4.69) is 10.0 Å². The Morgan fingerprint density at radius 3 is 2.35 bits per heavy atom. The Kier molecular flexibility index (Phi) is 4.60. The van der Waals surface area contributed by atoms with Crippen LogP contribution in [0.4, 0.5) is 17.1 Å². The number of anilines is 2. The highest BCUT2D eigenvalue weighted by atomic mass is 32.2. The number of rotatable bonds is 5. The van der Waals surface area contributed by atoms with Gasteiger partial charge in [0.1, 0.15) is 5.69 Å². The summed E-state index contributed by atoms with van der Waals surface area (Å²) in [7, 11) is -3.95. The molecule has 120 valence electrons. The molecule has 0 atom stereocenters. The summed E-state index contributed by atoms with van der Waals surface area (Å²) >= 11 is 0. The van der Waals surface area contributed by atoms with Gasteiger partial charge in [0.2, 0.25) is 5.91 Å². The maximum atomic E-state index is 12.2. The summed E-state index contributed by atoms with van der Waals surface area (Å²) in [6, 6.07) is 11.2. The first-order valence-corrected chi connectivity index (χ1v) is 7.92. The number of benzene rings is 2. The summed E-state index contributed by atoms with van der Waals surface area (Å²) in [5.41, 5.74) is -0.449. The number of amides is 1. The van der Waals surface area contributed by atoms with Gasteiger partial charge in [0.15, 0.2) is 0 Å². The Hall–Kier alpha value is -2.94. The normalized spacial score (nSPS) is 10.8. The summed E-state index contributed by atoms with van der Waals surface area (Å²) in [6.45, 7) is 1.26. The number of nitrogens with zero attached hydrogens (tertiary/aromatic N) is 1. The molecule has 0 aliphatic heterocycles. The molecule has 0 unspecified atom stereocenters. The Morgan fingerprint density at radius 2 is 1.78 bits per heavy atom. The smallest absolute Gasteiger partial charge is 0.295 e. The largest absolute Gasteiger partial charge is 0.326 e. The average Bonchev–Trinajstić information content (AvgIpc) is 2.48. The van der Waals surface area contributed by atoms with E-state index < -0.39 is 26.5 Å². The minimum Gasteiger partial charge on any atom is -0.326 e. The van der Waals surface area contributed by atoms with Crippen LogP contribution >= 0.6 is 0 Å². The number of carbonyl (C=O) groups is 1. The quantitative estimate of drug-likeness (QED) is 0.642. The summed E-state index contributed by atoms with van der Waals surface area (Å²) in [5, 5.41) is 13.5. The van der Waals surface area contributed by atoms with Crippen molar-refractivity contribution in [1.82, 2.24) is 0 Å². The van der Waals surface area contributed by atoms with Crippen LogP contribution in [0.1, 0.15) is 6.92 Å². The van der Waals surface area contributed by atoms with Gasteiger partial charge in [-0.15, -0.1) is 0 Å². The molecule has 23 heavy (non-hydrogen) atoms. The molecule has 0 saturated heterocycles. The molecule has 2 rings (SSSR count). The molecular formula is C14H13N3O5S. The Balaban J connectivity index is 2.40. The number of nitro groups is 1. The van der Waals surface area contributed by atoms with Crippen molar-refractivity contribution in [3.63, 3.8) is 0 Å². The summed E-state index contributed by atoms with van der Waals surface area (Å²) in [4.78, 5) is 21.4. The molecule has 8 nitrogen and oxygen atoms in total. The van der Waals surface area contributed by atoms with E-state index in [0.29, 0.717) is 0 Å². The van der Waals surface area contributed by atoms with Crippen molar-refractivity contribution in [3.8, 4) is 0 Å². The number of hydrogen-bond acceptors (Lipinski definition) is 5. The fourth-order valence-electron chi connectivity index (χ4n) is 1.85. The number of nitrogens with one attached hydrogen (secondary N) is 2. The van der Waals surface area contributed by atoms with Crippen molar-refractivity contribution in [2.45, 2.75) is 11.8 Å². The van der Waals surface area contributed by atoms with E-state index in [4.69, 9.17) is 0 Å². The Morgan fingerprint density at radius 1 is 1.13 bits per heavy atom. The molecule has 0 spiro atoms. The topological polar surface area (TPSA) is 118 Å². The zero-order chi connectivity index (χ0) is 17.0. The zero-order valence-corrected chi connectivity index (χ0v) is 12.8. The van der Waals surface area contributed by atoms with Gasteiger partial charge in [-0.3, -0.25) is 19.6 Å². The lowest BCUT2D eigenvalue weighted by molar-refractivity contribution is -0.383. The fraction of sp³-hybridized carbons (Fsp3) is 0.0714. The van der Waals surface area contributed by atoms with E-state index in [1.807, 2.05) is 0 Å². The predicted octanol–water partition coefficient (Wildman–Crippen LogP) is 2.35. The van der Waals surface area contributed by atoms with E-state index in [1.54, 1.807) is 18.2 Å². The third-order valence-corrected chi connectivity index (χ3v) is 4.19. The molecule has 2 aromatic carbocycles. The first-order chi connectivity index (χ1) is 10.8. The van der Waals surface area contributed by atoms with E-state index in [-0.39, 0.29) is 16.3 Å². The molecule has 2 N–H and O–H groups in total. The lowest BCUT2D eigenvalue weighted by atomic mass is 10.2. The van der Waals surface area contributed by atoms with Gasteiger partial charge < -0.3 is 5.32 Å². The van der Waals surface area contributed by atoms with Crippen LogP contribution in [-0.4, -0.2) is 19.2 Å². The van der Waals surface area contributed by atoms with Crippen molar-refractivity contribution >= 4 is 33.0 Å². The maximum Gasteiger partial charge on any atom is 0.295 e. The first kappa shape index (κ1) is 16.4. The predicted molar refractivity (Wildman–Crippen MR) is 84.7 cm³/mol. The molecule has 0 bridgehead atoms. The molecule has 0 heterocycles. The molecule has 0 fully saturated rings. The van der Waals surface area contributed by atoms with Gasteiger partial charge in [0.05, 0.1) is 9.82 Å². The molecule has 2 aromatic rings. The van der Waals surface area contributed by atoms with Crippen LogP contribution in [0.25, 0.3) is 0 Å². The minimum atomic E-state index is -3.95. The van der Waals surface area contributed by atoms with Gasteiger partial charge >= 0.3 is 0 Å². The molecule has 0 aliphatic rings. The van der Waals surface area contributed by atoms with E-state index in [1.165, 1.54) is 31.2 Å². The van der Waals surface area contributed by atoms with E-state index in [0.717, 1.165) is 6.07 Å².